The second-order valence-corrected chi connectivity index (χ2v) is 6.44. The van der Waals surface area contributed by atoms with Crippen LogP contribution in [0.5, 0.6) is 11.5 Å². The Bertz CT molecular complexity index is 648. The van der Waals surface area contributed by atoms with Crippen LogP contribution < -0.4 is 20.1 Å². The first-order chi connectivity index (χ1) is 12.2. The van der Waals surface area contributed by atoms with Gasteiger partial charge in [-0.15, -0.1) is 24.8 Å². The fourth-order valence-corrected chi connectivity index (χ4v) is 2.89. The zero-order valence-electron chi connectivity index (χ0n) is 15.2. The van der Waals surface area contributed by atoms with Crippen molar-refractivity contribution in [2.75, 3.05) is 33.4 Å². The molecule has 0 aromatic heterocycles. The smallest absolute Gasteiger partial charge is 0.166 e. The molecule has 0 atom stereocenters. The summed E-state index contributed by atoms with van der Waals surface area (Å²) in [7, 11) is 1.65. The number of rotatable bonds is 11. The number of aliphatic hydroxyl groups excluding tert-OH is 1. The lowest BCUT2D eigenvalue weighted by molar-refractivity contribution is 0.280. The summed E-state index contributed by atoms with van der Waals surface area (Å²) < 4.78 is 12.5. The van der Waals surface area contributed by atoms with Crippen molar-refractivity contribution in [3.8, 4) is 11.5 Å². The van der Waals surface area contributed by atoms with E-state index in [9.17, 15) is 0 Å². The maximum atomic E-state index is 8.76. The van der Waals surface area contributed by atoms with E-state index in [0.717, 1.165) is 34.4 Å². The maximum absolute atomic E-state index is 8.76. The zero-order valence-corrected chi connectivity index (χ0v) is 18.5. The molecule has 0 radical (unpaired) electrons. The Kier molecular flexibility index (Phi) is 14.4. The number of hydrogen-bond donors (Lipinski definition) is 3. The van der Waals surface area contributed by atoms with Crippen molar-refractivity contribution in [1.82, 2.24) is 10.6 Å². The molecule has 0 aliphatic carbocycles. The van der Waals surface area contributed by atoms with Gasteiger partial charge in [-0.3, -0.25) is 0 Å². The lowest BCUT2D eigenvalue weighted by Gasteiger charge is -2.16. The summed E-state index contributed by atoms with van der Waals surface area (Å²) in [4.78, 5) is 0. The highest BCUT2D eigenvalue weighted by atomic mass is 79.9. The zero-order chi connectivity index (χ0) is 17.9. The second kappa shape index (κ2) is 15.0. The van der Waals surface area contributed by atoms with Gasteiger partial charge in [-0.1, -0.05) is 46.3 Å². The lowest BCUT2D eigenvalue weighted by atomic mass is 10.1. The molecule has 0 amide bonds. The van der Waals surface area contributed by atoms with E-state index in [0.29, 0.717) is 25.4 Å². The van der Waals surface area contributed by atoms with Gasteiger partial charge in [-0.05, 0) is 17.7 Å². The molecule has 2 aromatic carbocycles. The van der Waals surface area contributed by atoms with Gasteiger partial charge < -0.3 is 25.2 Å². The molecule has 0 heterocycles. The summed E-state index contributed by atoms with van der Waals surface area (Å²) in [6, 6.07) is 14.0. The van der Waals surface area contributed by atoms with E-state index in [1.165, 1.54) is 0 Å². The molecule has 5 nitrogen and oxygen atoms in total. The van der Waals surface area contributed by atoms with Gasteiger partial charge >= 0.3 is 0 Å². The molecule has 0 aliphatic rings. The summed E-state index contributed by atoms with van der Waals surface area (Å²) in [6.07, 6.45) is 0. The third kappa shape index (κ3) is 9.14. The minimum atomic E-state index is 0. The molecule has 0 spiro atoms. The molecular weight excluding hydrogens is 455 g/mol. The minimum Gasteiger partial charge on any atom is -0.493 e. The normalized spacial score (nSPS) is 9.89. The number of ether oxygens (including phenoxy) is 2. The van der Waals surface area contributed by atoms with Gasteiger partial charge in [0.15, 0.2) is 11.5 Å². The van der Waals surface area contributed by atoms with E-state index in [-0.39, 0.29) is 31.4 Å². The van der Waals surface area contributed by atoms with E-state index in [1.807, 2.05) is 42.5 Å². The van der Waals surface area contributed by atoms with Crippen molar-refractivity contribution in [2.45, 2.75) is 13.2 Å². The molecule has 0 fully saturated rings. The minimum absolute atomic E-state index is 0. The molecule has 0 saturated carbocycles. The Morgan fingerprint density at radius 3 is 2.37 bits per heavy atom. The van der Waals surface area contributed by atoms with Crippen molar-refractivity contribution >= 4 is 40.7 Å². The Hall–Kier alpha value is -1.02. The molecule has 3 N–H and O–H groups in total. The Balaban J connectivity index is 0.00000338. The van der Waals surface area contributed by atoms with Crippen LogP contribution in [0.15, 0.2) is 46.9 Å². The largest absolute Gasteiger partial charge is 0.493 e. The monoisotopic (exact) mass is 480 g/mol. The van der Waals surface area contributed by atoms with Crippen molar-refractivity contribution in [3.05, 3.63) is 58.1 Å². The standard InChI is InChI=1S/C19H25BrN2O3.2ClH/c1-24-18-12-17(20)11-16(13-22-8-7-21-9-10-23)19(18)25-14-15-5-3-2-4-6-15;;/h2-6,11-12,21-23H,7-10,13-14H2,1H3;2*1H. The van der Waals surface area contributed by atoms with Crippen LogP contribution >= 0.6 is 40.7 Å². The van der Waals surface area contributed by atoms with Crippen LogP contribution in [-0.4, -0.2) is 38.5 Å². The van der Waals surface area contributed by atoms with E-state index in [4.69, 9.17) is 14.6 Å². The molecule has 2 rings (SSSR count). The van der Waals surface area contributed by atoms with Gasteiger partial charge in [0.2, 0.25) is 0 Å². The molecule has 8 heteroatoms. The summed E-state index contributed by atoms with van der Waals surface area (Å²) in [5.41, 5.74) is 2.14. The molecular formula is C19H27BrCl2N2O3. The van der Waals surface area contributed by atoms with Crippen LogP contribution in [0.3, 0.4) is 0 Å². The average Bonchev–Trinajstić information content (AvgIpc) is 2.64. The van der Waals surface area contributed by atoms with Gasteiger partial charge in [0.05, 0.1) is 13.7 Å². The Labute approximate surface area is 181 Å². The average molecular weight is 482 g/mol. The second-order valence-electron chi connectivity index (χ2n) is 5.52. The van der Waals surface area contributed by atoms with Crippen LogP contribution in [0.25, 0.3) is 0 Å². The highest BCUT2D eigenvalue weighted by Crippen LogP contribution is 2.35. The molecule has 0 unspecified atom stereocenters. The van der Waals surface area contributed by atoms with Crippen LogP contribution in [0.1, 0.15) is 11.1 Å². The number of aliphatic hydroxyl groups is 1. The molecule has 0 saturated heterocycles. The van der Waals surface area contributed by atoms with Crippen molar-refractivity contribution in [2.24, 2.45) is 0 Å². The number of methoxy groups -OCH3 is 1. The number of benzene rings is 2. The highest BCUT2D eigenvalue weighted by Gasteiger charge is 2.13. The van der Waals surface area contributed by atoms with Gasteiger partial charge in [-0.2, -0.15) is 0 Å². The fourth-order valence-electron chi connectivity index (χ4n) is 2.40. The van der Waals surface area contributed by atoms with E-state index in [1.54, 1.807) is 7.11 Å². The summed E-state index contributed by atoms with van der Waals surface area (Å²) in [5.74, 6) is 1.46. The van der Waals surface area contributed by atoms with Gasteiger partial charge in [0.25, 0.3) is 0 Å². The van der Waals surface area contributed by atoms with Crippen LogP contribution in [0, 0.1) is 0 Å². The Morgan fingerprint density at radius 1 is 1.00 bits per heavy atom. The molecule has 152 valence electrons. The van der Waals surface area contributed by atoms with Crippen LogP contribution in [-0.2, 0) is 13.2 Å². The molecule has 27 heavy (non-hydrogen) atoms. The topological polar surface area (TPSA) is 62.8 Å². The van der Waals surface area contributed by atoms with Crippen LogP contribution in [0.4, 0.5) is 0 Å². The van der Waals surface area contributed by atoms with Gasteiger partial charge in [-0.25, -0.2) is 0 Å². The number of halogens is 3. The summed E-state index contributed by atoms with van der Waals surface area (Å²) in [6.45, 7) is 3.52. The van der Waals surface area contributed by atoms with E-state index < -0.39 is 0 Å². The lowest BCUT2D eigenvalue weighted by Crippen LogP contribution is -2.28. The first-order valence-electron chi connectivity index (χ1n) is 8.30. The van der Waals surface area contributed by atoms with Crippen molar-refractivity contribution < 1.29 is 14.6 Å². The Morgan fingerprint density at radius 2 is 1.70 bits per heavy atom. The summed E-state index contributed by atoms with van der Waals surface area (Å²) >= 11 is 3.52. The predicted molar refractivity (Wildman–Crippen MR) is 118 cm³/mol. The third-order valence-corrected chi connectivity index (χ3v) is 4.08. The van der Waals surface area contributed by atoms with Gasteiger partial charge in [0.1, 0.15) is 6.61 Å². The first-order valence-corrected chi connectivity index (χ1v) is 9.09. The third-order valence-electron chi connectivity index (χ3n) is 3.63. The molecule has 0 bridgehead atoms. The SMILES string of the molecule is COc1cc(Br)cc(CNCCNCCO)c1OCc1ccccc1.Cl.Cl. The molecule has 2 aromatic rings. The van der Waals surface area contributed by atoms with Crippen LogP contribution in [0.2, 0.25) is 0 Å². The van der Waals surface area contributed by atoms with Crippen molar-refractivity contribution in [3.63, 3.8) is 0 Å². The molecule has 0 aliphatic heterocycles. The van der Waals surface area contributed by atoms with Gasteiger partial charge in [0, 0.05) is 36.2 Å². The van der Waals surface area contributed by atoms with Crippen molar-refractivity contribution in [1.29, 1.82) is 0 Å². The summed E-state index contributed by atoms with van der Waals surface area (Å²) in [5, 5.41) is 15.3. The van der Waals surface area contributed by atoms with E-state index in [2.05, 4.69) is 26.6 Å². The van der Waals surface area contributed by atoms with E-state index >= 15 is 0 Å². The first kappa shape index (κ1) is 26.0. The predicted octanol–water partition coefficient (Wildman–Crippen LogP) is 3.55. The number of hydrogen-bond acceptors (Lipinski definition) is 5. The quantitative estimate of drug-likeness (QED) is 0.428. The fraction of sp³-hybridized carbons (Fsp3) is 0.368. The highest BCUT2D eigenvalue weighted by molar-refractivity contribution is 9.10. The number of nitrogens with one attached hydrogen (secondary N) is 2. The maximum Gasteiger partial charge on any atom is 0.166 e.